The van der Waals surface area contributed by atoms with Gasteiger partial charge in [0, 0.05) is 37.9 Å². The summed E-state index contributed by atoms with van der Waals surface area (Å²) in [5.41, 5.74) is 2.71. The molecule has 0 spiro atoms. The molecule has 60 heavy (non-hydrogen) atoms. The second-order valence-corrected chi connectivity index (χ2v) is 20.1. The number of nitrogens with zero attached hydrogens (tertiary/aromatic N) is 1. The van der Waals surface area contributed by atoms with Crippen molar-refractivity contribution < 1.29 is 38.1 Å². The van der Waals surface area contributed by atoms with Gasteiger partial charge in [-0.3, -0.25) is 14.4 Å². The molecular weight excluding hydrogens is 755 g/mol. The highest BCUT2D eigenvalue weighted by Crippen LogP contribution is 2.56. The van der Waals surface area contributed by atoms with Crippen LogP contribution in [-0.4, -0.2) is 81.8 Å². The van der Waals surface area contributed by atoms with Crippen molar-refractivity contribution in [2.75, 3.05) is 40.5 Å². The van der Waals surface area contributed by atoms with Gasteiger partial charge in [0.2, 0.25) is 0 Å². The molecule has 350 valence electrons. The molecule has 0 aliphatic heterocycles. The van der Waals surface area contributed by atoms with Crippen LogP contribution in [0.3, 0.4) is 0 Å². The molecule has 0 aromatic heterocycles. The van der Waals surface area contributed by atoms with E-state index < -0.39 is 6.29 Å². The van der Waals surface area contributed by atoms with E-state index in [2.05, 4.69) is 93.2 Å². The van der Waals surface area contributed by atoms with Crippen LogP contribution in [0.15, 0.2) is 23.3 Å². The molecule has 0 bridgehead atoms. The molecule has 9 heteroatoms. The molecular formula is C51H93NO8. The number of ether oxygens (including phenoxy) is 5. The predicted molar refractivity (Wildman–Crippen MR) is 247 cm³/mol. The maximum Gasteiger partial charge on any atom is 0.306 e. The van der Waals surface area contributed by atoms with Crippen LogP contribution in [-0.2, 0) is 38.1 Å². The lowest BCUT2D eigenvalue weighted by atomic mass is 9.67. The summed E-state index contributed by atoms with van der Waals surface area (Å²) < 4.78 is 30.0. The normalized spacial score (nSPS) is 19.0. The number of carbonyl (C=O) groups is 3. The predicted octanol–water partition coefficient (Wildman–Crippen LogP) is 12.6. The number of allylic oxidation sites excluding steroid dienone is 4. The summed E-state index contributed by atoms with van der Waals surface area (Å²) in [7, 11) is 4.00. The van der Waals surface area contributed by atoms with Gasteiger partial charge >= 0.3 is 17.9 Å². The third-order valence-electron chi connectivity index (χ3n) is 13.3. The number of esters is 3. The largest absolute Gasteiger partial charge is 0.466 e. The highest BCUT2D eigenvalue weighted by molar-refractivity contribution is 5.70. The van der Waals surface area contributed by atoms with E-state index >= 15 is 0 Å². The van der Waals surface area contributed by atoms with Gasteiger partial charge in [-0.15, -0.1) is 0 Å². The first-order chi connectivity index (χ1) is 28.2. The summed E-state index contributed by atoms with van der Waals surface area (Å²) in [4.78, 5) is 40.5. The molecule has 1 saturated carbocycles. The van der Waals surface area contributed by atoms with E-state index in [-0.39, 0.29) is 47.4 Å². The Morgan fingerprint density at radius 3 is 1.72 bits per heavy atom. The minimum absolute atomic E-state index is 0.0854. The van der Waals surface area contributed by atoms with Crippen molar-refractivity contribution in [3.05, 3.63) is 23.3 Å². The molecule has 0 heterocycles. The van der Waals surface area contributed by atoms with E-state index in [0.717, 1.165) is 90.0 Å². The minimum Gasteiger partial charge on any atom is -0.466 e. The second kappa shape index (κ2) is 30.8. The van der Waals surface area contributed by atoms with Crippen molar-refractivity contribution in [1.82, 2.24) is 4.90 Å². The van der Waals surface area contributed by atoms with Crippen LogP contribution in [0, 0.1) is 28.6 Å². The molecule has 1 rings (SSSR count). The zero-order valence-electron chi connectivity index (χ0n) is 41.1. The van der Waals surface area contributed by atoms with E-state index in [1.165, 1.54) is 11.1 Å². The Labute approximate surface area is 368 Å². The molecule has 0 saturated heterocycles. The Morgan fingerprint density at radius 2 is 1.18 bits per heavy atom. The van der Waals surface area contributed by atoms with Crippen LogP contribution < -0.4 is 0 Å². The summed E-state index contributed by atoms with van der Waals surface area (Å²) in [6.45, 7) is 26.8. The topological polar surface area (TPSA) is 101 Å². The van der Waals surface area contributed by atoms with Crippen molar-refractivity contribution in [3.63, 3.8) is 0 Å². The fourth-order valence-electron chi connectivity index (χ4n) is 7.83. The lowest BCUT2D eigenvalue weighted by Crippen LogP contribution is -2.38. The maximum atomic E-state index is 12.9. The van der Waals surface area contributed by atoms with Gasteiger partial charge in [0.25, 0.3) is 0 Å². The monoisotopic (exact) mass is 848 g/mol. The number of hydrogen-bond acceptors (Lipinski definition) is 9. The Morgan fingerprint density at radius 1 is 0.633 bits per heavy atom. The van der Waals surface area contributed by atoms with E-state index in [4.69, 9.17) is 23.7 Å². The van der Waals surface area contributed by atoms with Crippen molar-refractivity contribution in [2.24, 2.45) is 28.6 Å². The molecule has 5 atom stereocenters. The molecule has 5 unspecified atom stereocenters. The maximum absolute atomic E-state index is 12.9. The van der Waals surface area contributed by atoms with Crippen molar-refractivity contribution in [3.8, 4) is 0 Å². The van der Waals surface area contributed by atoms with Crippen LogP contribution in [0.5, 0.6) is 0 Å². The number of hydrogen-bond donors (Lipinski definition) is 0. The van der Waals surface area contributed by atoms with Crippen LogP contribution in [0.25, 0.3) is 0 Å². The lowest BCUT2D eigenvalue weighted by molar-refractivity contribution is -0.161. The van der Waals surface area contributed by atoms with E-state index in [0.29, 0.717) is 69.7 Å². The molecule has 0 amide bonds. The highest BCUT2D eigenvalue weighted by Gasteiger charge is 2.54. The van der Waals surface area contributed by atoms with Gasteiger partial charge in [0.15, 0.2) is 6.29 Å². The second-order valence-electron chi connectivity index (χ2n) is 20.1. The zero-order chi connectivity index (χ0) is 45.1. The third kappa shape index (κ3) is 25.0. The first-order valence-corrected chi connectivity index (χ1v) is 23.9. The van der Waals surface area contributed by atoms with Crippen molar-refractivity contribution in [1.29, 1.82) is 0 Å². The Bertz CT molecular complexity index is 1210. The van der Waals surface area contributed by atoms with Crippen LogP contribution >= 0.6 is 0 Å². The minimum atomic E-state index is -0.413. The molecule has 0 radical (unpaired) electrons. The van der Waals surface area contributed by atoms with Crippen molar-refractivity contribution >= 4 is 17.9 Å². The average molecular weight is 848 g/mol. The third-order valence-corrected chi connectivity index (χ3v) is 13.3. The fraction of sp³-hybridized carbons (Fsp3) is 0.863. The quantitative estimate of drug-likeness (QED) is 0.0206. The molecule has 0 N–H and O–H groups in total. The van der Waals surface area contributed by atoms with Crippen LogP contribution in [0.4, 0.5) is 0 Å². The SMILES string of the molecule is CC(C)=CCCC(C)CCOC(CCC(=O)OCCCCCCC(CCCC(=O)OC1CC(C)C(C)(C)C1(C)C)OC(=O)CCCN(C)C)OCCC(C)CCC=C(C)C. The molecule has 0 aromatic carbocycles. The van der Waals surface area contributed by atoms with Gasteiger partial charge in [0.1, 0.15) is 12.2 Å². The van der Waals surface area contributed by atoms with Crippen LogP contribution in [0.1, 0.15) is 198 Å². The number of unbranched alkanes of at least 4 members (excludes halogenated alkanes) is 3. The van der Waals surface area contributed by atoms with Crippen molar-refractivity contribution in [2.45, 2.75) is 217 Å². The zero-order valence-corrected chi connectivity index (χ0v) is 41.1. The smallest absolute Gasteiger partial charge is 0.306 e. The molecule has 1 aliphatic rings. The number of carbonyl (C=O) groups excluding carboxylic acids is 3. The van der Waals surface area contributed by atoms with E-state index in [9.17, 15) is 14.4 Å². The fourth-order valence-corrected chi connectivity index (χ4v) is 7.83. The first-order valence-electron chi connectivity index (χ1n) is 23.9. The van der Waals surface area contributed by atoms with Gasteiger partial charge in [-0.2, -0.15) is 0 Å². The standard InChI is InChI=1S/C51H93NO8/c1-39(2)22-18-24-41(5)32-36-57-49(58-37-33-42(6)25-19-23-40(3)4)31-30-46(53)56-35-17-15-14-16-26-44(59-47(54)29-21-34-52(12)13)27-20-28-48(55)60-45-38-43(7)50(8,9)51(45,10)11/h22-23,41-45,49H,14-21,24-38H2,1-13H3. The summed E-state index contributed by atoms with van der Waals surface area (Å²) in [5.74, 6) is 1.04. The molecule has 0 aromatic rings. The summed E-state index contributed by atoms with van der Waals surface area (Å²) >= 11 is 0. The van der Waals surface area contributed by atoms with Crippen LogP contribution in [0.2, 0.25) is 0 Å². The molecule has 1 aliphatic carbocycles. The molecule has 9 nitrogen and oxygen atoms in total. The average Bonchev–Trinajstić information content (AvgIpc) is 3.29. The summed E-state index contributed by atoms with van der Waals surface area (Å²) in [5, 5.41) is 0. The first kappa shape index (κ1) is 55.8. The van der Waals surface area contributed by atoms with Gasteiger partial charge in [0.05, 0.1) is 13.0 Å². The lowest BCUT2D eigenvalue weighted by Gasteiger charge is -2.40. The van der Waals surface area contributed by atoms with E-state index in [1.807, 2.05) is 14.1 Å². The summed E-state index contributed by atoms with van der Waals surface area (Å²) in [6, 6.07) is 0. The highest BCUT2D eigenvalue weighted by atomic mass is 16.7. The van der Waals surface area contributed by atoms with Gasteiger partial charge < -0.3 is 28.6 Å². The Kier molecular flexibility index (Phi) is 28.6. The Hall–Kier alpha value is -2.23. The van der Waals surface area contributed by atoms with Gasteiger partial charge in [-0.25, -0.2) is 0 Å². The summed E-state index contributed by atoms with van der Waals surface area (Å²) in [6.07, 6.45) is 18.9. The van der Waals surface area contributed by atoms with Gasteiger partial charge in [-0.05, 0) is 155 Å². The molecule has 1 fully saturated rings. The number of rotatable bonds is 34. The van der Waals surface area contributed by atoms with Gasteiger partial charge in [-0.1, -0.05) is 84.6 Å². The Balaban J connectivity index is 2.52. The van der Waals surface area contributed by atoms with E-state index in [1.54, 1.807) is 0 Å².